The molecule has 1 atom stereocenters. The van der Waals surface area contributed by atoms with E-state index < -0.39 is 0 Å². The predicted molar refractivity (Wildman–Crippen MR) is 53.9 cm³/mol. The van der Waals surface area contributed by atoms with Crippen LogP contribution in [0.25, 0.3) is 0 Å². The van der Waals surface area contributed by atoms with Crippen LogP contribution in [0.15, 0.2) is 0 Å². The first-order chi connectivity index (χ1) is 5.35. The van der Waals surface area contributed by atoms with Crippen LogP contribution >= 0.6 is 11.8 Å². The van der Waals surface area contributed by atoms with Gasteiger partial charge in [0.2, 0.25) is 0 Å². The fourth-order valence-corrected chi connectivity index (χ4v) is 1.68. The zero-order valence-corrected chi connectivity index (χ0v) is 8.21. The van der Waals surface area contributed by atoms with Gasteiger partial charge in [-0.15, -0.1) is 12.3 Å². The monoisotopic (exact) mass is 171 g/mol. The molecule has 0 saturated carbocycles. The van der Waals surface area contributed by atoms with Gasteiger partial charge in [-0.05, 0) is 19.2 Å². The Morgan fingerprint density at radius 1 is 1.64 bits per heavy atom. The molecule has 1 unspecified atom stereocenters. The maximum atomic E-state index is 5.18. The fraction of sp³-hybridized carbons (Fsp3) is 0.778. The summed E-state index contributed by atoms with van der Waals surface area (Å²) in [5.41, 5.74) is 0. The van der Waals surface area contributed by atoms with Gasteiger partial charge in [0, 0.05) is 18.2 Å². The van der Waals surface area contributed by atoms with Crippen molar-refractivity contribution >= 4 is 11.8 Å². The molecule has 0 fully saturated rings. The van der Waals surface area contributed by atoms with Crippen LogP contribution in [-0.4, -0.2) is 24.6 Å². The van der Waals surface area contributed by atoms with E-state index in [1.165, 1.54) is 0 Å². The lowest BCUT2D eigenvalue weighted by atomic mass is 10.2. The Morgan fingerprint density at radius 3 is 2.82 bits per heavy atom. The maximum absolute atomic E-state index is 5.18. The Kier molecular flexibility index (Phi) is 7.88. The highest BCUT2D eigenvalue weighted by Gasteiger charge is 2.03. The minimum Gasteiger partial charge on any atom is -0.313 e. The highest BCUT2D eigenvalue weighted by molar-refractivity contribution is 7.98. The lowest BCUT2D eigenvalue weighted by Gasteiger charge is -2.14. The van der Waals surface area contributed by atoms with E-state index in [4.69, 9.17) is 6.42 Å². The first-order valence-corrected chi connectivity index (χ1v) is 5.40. The molecule has 0 aliphatic rings. The second-order valence-corrected chi connectivity index (χ2v) is 3.36. The Hall–Kier alpha value is -0.130. The summed E-state index contributed by atoms with van der Waals surface area (Å²) in [7, 11) is 0. The van der Waals surface area contributed by atoms with Crippen LogP contribution in [0.2, 0.25) is 0 Å². The van der Waals surface area contributed by atoms with Crippen molar-refractivity contribution in [3.8, 4) is 12.3 Å². The van der Waals surface area contributed by atoms with Crippen LogP contribution in [0.5, 0.6) is 0 Å². The highest BCUT2D eigenvalue weighted by Crippen LogP contribution is 2.03. The summed E-state index contributed by atoms with van der Waals surface area (Å²) in [6, 6.07) is 0.603. The molecule has 1 N–H and O–H groups in total. The van der Waals surface area contributed by atoms with E-state index in [9.17, 15) is 0 Å². The van der Waals surface area contributed by atoms with Crippen molar-refractivity contribution in [1.29, 1.82) is 0 Å². The van der Waals surface area contributed by atoms with Crippen molar-refractivity contribution in [3.05, 3.63) is 0 Å². The molecule has 0 saturated heterocycles. The fourth-order valence-electron chi connectivity index (χ4n) is 0.992. The van der Waals surface area contributed by atoms with Crippen molar-refractivity contribution in [2.75, 3.05) is 18.6 Å². The molecule has 0 aromatic rings. The summed E-state index contributed by atoms with van der Waals surface area (Å²) in [6.07, 6.45) is 9.30. The quantitative estimate of drug-likeness (QED) is 0.611. The van der Waals surface area contributed by atoms with Crippen LogP contribution in [0.4, 0.5) is 0 Å². The Bertz CT molecular complexity index is 111. The van der Waals surface area contributed by atoms with Crippen LogP contribution in [-0.2, 0) is 0 Å². The first-order valence-electron chi connectivity index (χ1n) is 4.00. The average molecular weight is 171 g/mol. The van der Waals surface area contributed by atoms with Gasteiger partial charge in [-0.1, -0.05) is 6.92 Å². The van der Waals surface area contributed by atoms with Gasteiger partial charge < -0.3 is 5.32 Å². The van der Waals surface area contributed by atoms with Gasteiger partial charge in [-0.2, -0.15) is 11.8 Å². The average Bonchev–Trinajstić information content (AvgIpc) is 2.01. The van der Waals surface area contributed by atoms with E-state index in [1.54, 1.807) is 0 Å². The van der Waals surface area contributed by atoms with E-state index in [1.807, 2.05) is 11.8 Å². The molecule has 0 bridgehead atoms. The van der Waals surface area contributed by atoms with E-state index >= 15 is 0 Å². The Balaban J connectivity index is 3.44. The molecule has 0 rings (SSSR count). The molecule has 0 aliphatic carbocycles. The lowest BCUT2D eigenvalue weighted by Crippen LogP contribution is -2.30. The SMILES string of the molecule is C#CCCC(CSC)NCC. The van der Waals surface area contributed by atoms with Crippen molar-refractivity contribution in [2.45, 2.75) is 25.8 Å². The molecule has 0 radical (unpaired) electrons. The molecule has 0 heterocycles. The maximum Gasteiger partial charge on any atom is 0.0167 e. The third-order valence-corrected chi connectivity index (χ3v) is 2.23. The molecule has 11 heavy (non-hydrogen) atoms. The lowest BCUT2D eigenvalue weighted by molar-refractivity contribution is 0.545. The van der Waals surface area contributed by atoms with E-state index in [-0.39, 0.29) is 0 Å². The summed E-state index contributed by atoms with van der Waals surface area (Å²) in [5.74, 6) is 3.83. The van der Waals surface area contributed by atoms with Gasteiger partial charge in [0.05, 0.1) is 0 Å². The third kappa shape index (κ3) is 6.28. The number of terminal acetylenes is 1. The molecule has 0 aromatic carbocycles. The minimum atomic E-state index is 0.603. The molecule has 2 heteroatoms. The van der Waals surface area contributed by atoms with E-state index in [0.717, 1.165) is 25.1 Å². The summed E-state index contributed by atoms with van der Waals surface area (Å²) in [5, 5.41) is 3.40. The normalized spacial score (nSPS) is 12.5. The van der Waals surface area contributed by atoms with Crippen LogP contribution < -0.4 is 5.32 Å². The summed E-state index contributed by atoms with van der Waals surface area (Å²) in [6.45, 7) is 3.17. The Labute approximate surface area is 74.3 Å². The van der Waals surface area contributed by atoms with Crippen LogP contribution in [0.1, 0.15) is 19.8 Å². The van der Waals surface area contributed by atoms with Crippen LogP contribution in [0.3, 0.4) is 0 Å². The number of thioether (sulfide) groups is 1. The minimum absolute atomic E-state index is 0.603. The van der Waals surface area contributed by atoms with Gasteiger partial charge in [0.15, 0.2) is 0 Å². The summed E-state index contributed by atoms with van der Waals surface area (Å²) in [4.78, 5) is 0. The molecule has 64 valence electrons. The zero-order valence-electron chi connectivity index (χ0n) is 7.39. The highest BCUT2D eigenvalue weighted by atomic mass is 32.2. The van der Waals surface area contributed by atoms with E-state index in [0.29, 0.717) is 6.04 Å². The van der Waals surface area contributed by atoms with Gasteiger partial charge in [-0.25, -0.2) is 0 Å². The number of nitrogens with one attached hydrogen (secondary N) is 1. The van der Waals surface area contributed by atoms with E-state index in [2.05, 4.69) is 24.4 Å². The molecule has 0 aromatic heterocycles. The third-order valence-electron chi connectivity index (χ3n) is 1.50. The standard InChI is InChI=1S/C9H17NS/c1-4-6-7-9(8-11-3)10-5-2/h1,9-10H,5-8H2,2-3H3. The predicted octanol–water partition coefficient (Wildman–Crippen LogP) is 1.74. The van der Waals surface area contributed by atoms with Gasteiger partial charge >= 0.3 is 0 Å². The number of hydrogen-bond acceptors (Lipinski definition) is 2. The van der Waals surface area contributed by atoms with Crippen LogP contribution in [0, 0.1) is 12.3 Å². The second-order valence-electron chi connectivity index (χ2n) is 2.45. The zero-order chi connectivity index (χ0) is 8.53. The molecular formula is C9H17NS. The molecule has 0 aliphatic heterocycles. The van der Waals surface area contributed by atoms with Gasteiger partial charge in [0.1, 0.15) is 0 Å². The topological polar surface area (TPSA) is 12.0 Å². The first kappa shape index (κ1) is 10.9. The van der Waals surface area contributed by atoms with Gasteiger partial charge in [-0.3, -0.25) is 0 Å². The largest absolute Gasteiger partial charge is 0.313 e. The second kappa shape index (κ2) is 7.97. The van der Waals surface area contributed by atoms with Crippen molar-refractivity contribution in [3.63, 3.8) is 0 Å². The summed E-state index contributed by atoms with van der Waals surface area (Å²) >= 11 is 1.87. The molecule has 1 nitrogen and oxygen atoms in total. The van der Waals surface area contributed by atoms with Crippen molar-refractivity contribution < 1.29 is 0 Å². The number of rotatable bonds is 6. The smallest absolute Gasteiger partial charge is 0.0167 e. The number of hydrogen-bond donors (Lipinski definition) is 1. The molecule has 0 amide bonds. The van der Waals surface area contributed by atoms with Crippen molar-refractivity contribution in [2.24, 2.45) is 0 Å². The molecular weight excluding hydrogens is 154 g/mol. The molecule has 0 spiro atoms. The Morgan fingerprint density at radius 2 is 2.36 bits per heavy atom. The van der Waals surface area contributed by atoms with Crippen molar-refractivity contribution in [1.82, 2.24) is 5.32 Å². The summed E-state index contributed by atoms with van der Waals surface area (Å²) < 4.78 is 0. The van der Waals surface area contributed by atoms with Gasteiger partial charge in [0.25, 0.3) is 0 Å².